The van der Waals surface area contributed by atoms with Gasteiger partial charge in [-0.05, 0) is 25.7 Å². The second-order valence-electron chi connectivity index (χ2n) is 3.77. The van der Waals surface area contributed by atoms with Gasteiger partial charge in [0.1, 0.15) is 5.60 Å². The SMILES string of the molecule is C=CC(=O)OC1(CCCCC)CC1. The highest BCUT2D eigenvalue weighted by Crippen LogP contribution is 2.44. The quantitative estimate of drug-likeness (QED) is 0.358. The summed E-state index contributed by atoms with van der Waals surface area (Å²) in [5, 5.41) is 0. The fourth-order valence-electron chi connectivity index (χ4n) is 1.49. The van der Waals surface area contributed by atoms with Crippen molar-refractivity contribution in [3.8, 4) is 0 Å². The maximum atomic E-state index is 11.0. The first-order valence-corrected chi connectivity index (χ1v) is 5.08. The molecule has 0 unspecified atom stereocenters. The molecule has 13 heavy (non-hydrogen) atoms. The van der Waals surface area contributed by atoms with Crippen LogP contribution in [0.2, 0.25) is 0 Å². The number of unbranched alkanes of at least 4 members (excludes halogenated alkanes) is 2. The molecule has 74 valence electrons. The zero-order chi connectivity index (χ0) is 9.73. The third kappa shape index (κ3) is 3.21. The van der Waals surface area contributed by atoms with Crippen molar-refractivity contribution in [1.82, 2.24) is 0 Å². The first-order chi connectivity index (χ1) is 6.22. The predicted octanol–water partition coefficient (Wildman–Crippen LogP) is 2.83. The summed E-state index contributed by atoms with van der Waals surface area (Å²) in [4.78, 5) is 11.0. The van der Waals surface area contributed by atoms with E-state index in [4.69, 9.17) is 4.74 Å². The molecule has 2 nitrogen and oxygen atoms in total. The lowest BCUT2D eigenvalue weighted by Gasteiger charge is -2.14. The molecule has 0 bridgehead atoms. The lowest BCUT2D eigenvalue weighted by Crippen LogP contribution is -2.17. The van der Waals surface area contributed by atoms with Crippen LogP contribution in [0.5, 0.6) is 0 Å². The van der Waals surface area contributed by atoms with Crippen molar-refractivity contribution in [3.63, 3.8) is 0 Å². The Hall–Kier alpha value is -0.790. The first kappa shape index (κ1) is 10.3. The lowest BCUT2D eigenvalue weighted by molar-refractivity contribution is -0.145. The van der Waals surface area contributed by atoms with Crippen LogP contribution in [0, 0.1) is 0 Å². The van der Waals surface area contributed by atoms with Gasteiger partial charge in [-0.2, -0.15) is 0 Å². The number of hydrogen-bond donors (Lipinski definition) is 0. The minimum atomic E-state index is -0.269. The number of hydrogen-bond acceptors (Lipinski definition) is 2. The van der Waals surface area contributed by atoms with Gasteiger partial charge < -0.3 is 4.74 Å². The smallest absolute Gasteiger partial charge is 0.330 e. The van der Waals surface area contributed by atoms with Crippen molar-refractivity contribution in [2.45, 2.75) is 51.0 Å². The monoisotopic (exact) mass is 182 g/mol. The van der Waals surface area contributed by atoms with Crippen LogP contribution in [-0.2, 0) is 9.53 Å². The minimum absolute atomic E-state index is 0.0968. The normalized spacial score (nSPS) is 17.9. The molecule has 0 amide bonds. The highest BCUT2D eigenvalue weighted by atomic mass is 16.6. The summed E-state index contributed by atoms with van der Waals surface area (Å²) in [5.74, 6) is -0.269. The summed E-state index contributed by atoms with van der Waals surface area (Å²) in [6.45, 7) is 5.57. The number of ether oxygens (including phenoxy) is 1. The van der Waals surface area contributed by atoms with Crippen molar-refractivity contribution < 1.29 is 9.53 Å². The van der Waals surface area contributed by atoms with E-state index in [-0.39, 0.29) is 11.6 Å². The van der Waals surface area contributed by atoms with Crippen LogP contribution in [0.25, 0.3) is 0 Å². The molecule has 1 rings (SSSR count). The lowest BCUT2D eigenvalue weighted by atomic mass is 10.1. The van der Waals surface area contributed by atoms with Crippen LogP contribution in [0.3, 0.4) is 0 Å². The average Bonchev–Trinajstić information content (AvgIpc) is 2.86. The van der Waals surface area contributed by atoms with Crippen molar-refractivity contribution in [3.05, 3.63) is 12.7 Å². The molecule has 0 aromatic carbocycles. The van der Waals surface area contributed by atoms with Crippen LogP contribution in [0.4, 0.5) is 0 Å². The predicted molar refractivity (Wildman–Crippen MR) is 52.4 cm³/mol. The molecule has 0 spiro atoms. The largest absolute Gasteiger partial charge is 0.456 e. The Morgan fingerprint density at radius 2 is 2.23 bits per heavy atom. The third-order valence-corrected chi connectivity index (χ3v) is 2.53. The van der Waals surface area contributed by atoms with Crippen LogP contribution in [0.1, 0.15) is 45.4 Å². The van der Waals surface area contributed by atoms with E-state index in [9.17, 15) is 4.79 Å². The van der Waals surface area contributed by atoms with E-state index >= 15 is 0 Å². The minimum Gasteiger partial charge on any atom is -0.456 e. The van der Waals surface area contributed by atoms with Gasteiger partial charge in [-0.3, -0.25) is 0 Å². The Balaban J connectivity index is 2.22. The van der Waals surface area contributed by atoms with Crippen LogP contribution < -0.4 is 0 Å². The van der Waals surface area contributed by atoms with E-state index in [0.717, 1.165) is 19.3 Å². The van der Waals surface area contributed by atoms with E-state index in [1.807, 2.05) is 0 Å². The van der Waals surface area contributed by atoms with Crippen molar-refractivity contribution in [2.75, 3.05) is 0 Å². The Morgan fingerprint density at radius 3 is 2.69 bits per heavy atom. The first-order valence-electron chi connectivity index (χ1n) is 5.08. The molecule has 0 aromatic rings. The summed E-state index contributed by atoms with van der Waals surface area (Å²) in [6.07, 6.45) is 7.96. The molecule has 2 heteroatoms. The van der Waals surface area contributed by atoms with Crippen LogP contribution in [0.15, 0.2) is 12.7 Å². The molecule has 0 aliphatic heterocycles. The van der Waals surface area contributed by atoms with Crippen LogP contribution >= 0.6 is 0 Å². The molecule has 1 aliphatic carbocycles. The maximum absolute atomic E-state index is 11.0. The summed E-state index contributed by atoms with van der Waals surface area (Å²) < 4.78 is 5.29. The Labute approximate surface area is 80.0 Å². The van der Waals surface area contributed by atoms with E-state index in [1.165, 1.54) is 25.3 Å². The van der Waals surface area contributed by atoms with Gasteiger partial charge in [-0.1, -0.05) is 26.3 Å². The summed E-state index contributed by atoms with van der Waals surface area (Å²) in [5.41, 5.74) is -0.0968. The van der Waals surface area contributed by atoms with E-state index in [2.05, 4.69) is 13.5 Å². The second kappa shape index (κ2) is 4.45. The average molecular weight is 182 g/mol. The van der Waals surface area contributed by atoms with Gasteiger partial charge in [0.15, 0.2) is 0 Å². The van der Waals surface area contributed by atoms with E-state index in [0.29, 0.717) is 0 Å². The molecule has 0 radical (unpaired) electrons. The van der Waals surface area contributed by atoms with Gasteiger partial charge in [-0.25, -0.2) is 4.79 Å². The van der Waals surface area contributed by atoms with E-state index < -0.39 is 0 Å². The van der Waals surface area contributed by atoms with Gasteiger partial charge in [0.2, 0.25) is 0 Å². The highest BCUT2D eigenvalue weighted by molar-refractivity contribution is 5.81. The fourth-order valence-corrected chi connectivity index (χ4v) is 1.49. The molecule has 1 fully saturated rings. The van der Waals surface area contributed by atoms with Crippen molar-refractivity contribution in [1.29, 1.82) is 0 Å². The maximum Gasteiger partial charge on any atom is 0.330 e. The number of carbonyl (C=O) groups excluding carboxylic acids is 1. The number of esters is 1. The zero-order valence-electron chi connectivity index (χ0n) is 8.34. The number of rotatable bonds is 6. The molecule has 0 N–H and O–H groups in total. The van der Waals surface area contributed by atoms with Gasteiger partial charge in [-0.15, -0.1) is 0 Å². The molecular weight excluding hydrogens is 164 g/mol. The number of carbonyl (C=O) groups is 1. The van der Waals surface area contributed by atoms with E-state index in [1.54, 1.807) is 0 Å². The topological polar surface area (TPSA) is 26.3 Å². The van der Waals surface area contributed by atoms with Gasteiger partial charge >= 0.3 is 5.97 Å². The zero-order valence-corrected chi connectivity index (χ0v) is 8.34. The molecule has 0 heterocycles. The molecule has 1 saturated carbocycles. The summed E-state index contributed by atoms with van der Waals surface area (Å²) >= 11 is 0. The van der Waals surface area contributed by atoms with Gasteiger partial charge in [0, 0.05) is 6.08 Å². The van der Waals surface area contributed by atoms with Crippen LogP contribution in [-0.4, -0.2) is 11.6 Å². The highest BCUT2D eigenvalue weighted by Gasteiger charge is 2.45. The molecule has 0 saturated heterocycles. The Morgan fingerprint density at radius 1 is 1.54 bits per heavy atom. The second-order valence-corrected chi connectivity index (χ2v) is 3.77. The molecule has 0 aromatic heterocycles. The van der Waals surface area contributed by atoms with Crippen molar-refractivity contribution in [2.24, 2.45) is 0 Å². The van der Waals surface area contributed by atoms with Crippen molar-refractivity contribution >= 4 is 5.97 Å². The van der Waals surface area contributed by atoms with Gasteiger partial charge in [0.05, 0.1) is 0 Å². The third-order valence-electron chi connectivity index (χ3n) is 2.53. The standard InChI is InChI=1S/C11H18O2/c1-3-5-6-7-11(8-9-11)13-10(12)4-2/h4H,2-3,5-9H2,1H3. The Bertz CT molecular complexity index is 192. The molecule has 1 aliphatic rings. The molecule has 0 atom stereocenters. The molecular formula is C11H18O2. The Kier molecular flexibility index (Phi) is 3.52. The summed E-state index contributed by atoms with van der Waals surface area (Å²) in [6, 6.07) is 0. The fraction of sp³-hybridized carbons (Fsp3) is 0.727. The van der Waals surface area contributed by atoms with Gasteiger partial charge in [0.25, 0.3) is 0 Å². The summed E-state index contributed by atoms with van der Waals surface area (Å²) in [7, 11) is 0.